The van der Waals surface area contributed by atoms with Crippen LogP contribution < -0.4 is 10.6 Å². The van der Waals surface area contributed by atoms with Crippen LogP contribution in [0.4, 0.5) is 21.7 Å². The summed E-state index contributed by atoms with van der Waals surface area (Å²) in [5.41, 5.74) is 1.33. The minimum Gasteiger partial charge on any atom is -0.370 e. The lowest BCUT2D eigenvalue weighted by Crippen LogP contribution is -2.02. The normalized spacial score (nSPS) is 10.2. The first-order valence-electron chi connectivity index (χ1n) is 5.93. The summed E-state index contributed by atoms with van der Waals surface area (Å²) in [5.74, 6) is 1.12. The summed E-state index contributed by atoms with van der Waals surface area (Å²) >= 11 is 0. The molecule has 0 radical (unpaired) electrons. The van der Waals surface area contributed by atoms with Crippen LogP contribution in [0.2, 0.25) is 0 Å². The molecule has 0 aliphatic carbocycles. The van der Waals surface area contributed by atoms with Crippen molar-refractivity contribution in [2.24, 2.45) is 0 Å². The maximum atomic E-state index is 13.7. The fourth-order valence-electron chi connectivity index (χ4n) is 1.64. The molecule has 0 aliphatic heterocycles. The third kappa shape index (κ3) is 2.97. The van der Waals surface area contributed by atoms with Crippen molar-refractivity contribution in [2.75, 3.05) is 17.2 Å². The van der Waals surface area contributed by atoms with Gasteiger partial charge in [0.15, 0.2) is 0 Å². The number of halogens is 1. The van der Waals surface area contributed by atoms with Crippen LogP contribution in [-0.4, -0.2) is 11.5 Å². The van der Waals surface area contributed by atoms with E-state index in [2.05, 4.69) is 15.6 Å². The Kier molecular flexibility index (Phi) is 3.77. The average molecular weight is 245 g/mol. The van der Waals surface area contributed by atoms with E-state index >= 15 is 0 Å². The van der Waals surface area contributed by atoms with E-state index in [1.54, 1.807) is 12.1 Å². The van der Waals surface area contributed by atoms with Crippen molar-refractivity contribution in [2.45, 2.75) is 13.8 Å². The maximum absolute atomic E-state index is 13.7. The Hall–Kier alpha value is -2.10. The van der Waals surface area contributed by atoms with Gasteiger partial charge in [0.2, 0.25) is 0 Å². The highest BCUT2D eigenvalue weighted by atomic mass is 19.1. The zero-order chi connectivity index (χ0) is 13.0. The van der Waals surface area contributed by atoms with Gasteiger partial charge in [-0.25, -0.2) is 9.37 Å². The van der Waals surface area contributed by atoms with Crippen molar-refractivity contribution < 1.29 is 4.39 Å². The molecule has 1 aromatic carbocycles. The van der Waals surface area contributed by atoms with Crippen LogP contribution in [0.15, 0.2) is 36.4 Å². The van der Waals surface area contributed by atoms with Crippen LogP contribution in [0, 0.1) is 12.7 Å². The number of pyridine rings is 1. The van der Waals surface area contributed by atoms with Crippen LogP contribution in [0.3, 0.4) is 0 Å². The van der Waals surface area contributed by atoms with Gasteiger partial charge in [-0.2, -0.15) is 0 Å². The van der Waals surface area contributed by atoms with E-state index < -0.39 is 0 Å². The summed E-state index contributed by atoms with van der Waals surface area (Å²) in [6.07, 6.45) is 0. The van der Waals surface area contributed by atoms with Crippen LogP contribution in [0.5, 0.6) is 0 Å². The summed E-state index contributed by atoms with van der Waals surface area (Å²) in [4.78, 5) is 4.33. The number of nitrogens with one attached hydrogen (secondary N) is 2. The van der Waals surface area contributed by atoms with E-state index in [9.17, 15) is 4.39 Å². The number of aromatic nitrogens is 1. The van der Waals surface area contributed by atoms with Crippen molar-refractivity contribution in [1.82, 2.24) is 4.98 Å². The van der Waals surface area contributed by atoms with Gasteiger partial charge in [0.05, 0.1) is 5.69 Å². The molecule has 0 aliphatic rings. The Bertz CT molecular complexity index is 540. The predicted molar refractivity (Wildman–Crippen MR) is 72.8 cm³/mol. The zero-order valence-electron chi connectivity index (χ0n) is 10.5. The van der Waals surface area contributed by atoms with Gasteiger partial charge in [-0.3, -0.25) is 0 Å². The molecule has 1 aromatic heterocycles. The molecule has 0 unspecified atom stereocenters. The highest BCUT2D eigenvalue weighted by Gasteiger charge is 2.03. The summed E-state index contributed by atoms with van der Waals surface area (Å²) < 4.78 is 13.7. The van der Waals surface area contributed by atoms with Crippen LogP contribution >= 0.6 is 0 Å². The molecule has 0 saturated carbocycles. The molecule has 3 nitrogen and oxygen atoms in total. The molecule has 0 bridgehead atoms. The fraction of sp³-hybridized carbons (Fsp3) is 0.214. The number of benzene rings is 1. The minimum atomic E-state index is -0.273. The molecule has 18 heavy (non-hydrogen) atoms. The number of hydrogen-bond acceptors (Lipinski definition) is 3. The molecule has 4 heteroatoms. The second-order valence-corrected chi connectivity index (χ2v) is 4.05. The molecule has 1 heterocycles. The van der Waals surface area contributed by atoms with Gasteiger partial charge in [0.1, 0.15) is 17.5 Å². The van der Waals surface area contributed by atoms with Gasteiger partial charge < -0.3 is 10.6 Å². The van der Waals surface area contributed by atoms with Crippen LogP contribution in [0.25, 0.3) is 0 Å². The first-order valence-corrected chi connectivity index (χ1v) is 5.93. The smallest absolute Gasteiger partial charge is 0.146 e. The zero-order valence-corrected chi connectivity index (χ0v) is 10.5. The summed E-state index contributed by atoms with van der Waals surface area (Å²) in [6.45, 7) is 4.66. The number of nitrogens with zero attached hydrogens (tertiary/aromatic N) is 1. The van der Waals surface area contributed by atoms with Crippen molar-refractivity contribution in [3.63, 3.8) is 0 Å². The molecule has 2 rings (SSSR count). The van der Waals surface area contributed by atoms with Crippen molar-refractivity contribution in [3.8, 4) is 0 Å². The third-order valence-electron chi connectivity index (χ3n) is 2.49. The first-order chi connectivity index (χ1) is 8.69. The fourth-order valence-corrected chi connectivity index (χ4v) is 1.64. The van der Waals surface area contributed by atoms with Crippen molar-refractivity contribution in [3.05, 3.63) is 47.8 Å². The SMILES string of the molecule is CCNc1cccc(Nc2ccc(C)cc2F)n1. The monoisotopic (exact) mass is 245 g/mol. The molecular weight excluding hydrogens is 229 g/mol. The lowest BCUT2D eigenvalue weighted by atomic mass is 10.2. The van der Waals surface area contributed by atoms with E-state index in [-0.39, 0.29) is 5.82 Å². The van der Waals surface area contributed by atoms with E-state index in [1.165, 1.54) is 6.07 Å². The molecule has 0 spiro atoms. The van der Waals surface area contributed by atoms with Crippen LogP contribution in [-0.2, 0) is 0 Å². The Morgan fingerprint density at radius 2 is 1.94 bits per heavy atom. The minimum absolute atomic E-state index is 0.273. The highest BCUT2D eigenvalue weighted by molar-refractivity contribution is 5.59. The standard InChI is InChI=1S/C14H16FN3/c1-3-16-13-5-4-6-14(18-13)17-12-8-7-10(2)9-11(12)15/h4-9H,3H2,1-2H3,(H2,16,17,18). The quantitative estimate of drug-likeness (QED) is 0.862. The van der Waals surface area contributed by atoms with E-state index in [0.29, 0.717) is 11.5 Å². The van der Waals surface area contributed by atoms with Gasteiger partial charge in [0, 0.05) is 6.54 Å². The molecule has 0 atom stereocenters. The van der Waals surface area contributed by atoms with Gasteiger partial charge >= 0.3 is 0 Å². The topological polar surface area (TPSA) is 37.0 Å². The second kappa shape index (κ2) is 5.49. The molecule has 2 N–H and O–H groups in total. The van der Waals surface area contributed by atoms with Gasteiger partial charge in [0.25, 0.3) is 0 Å². The molecule has 94 valence electrons. The molecule has 0 amide bonds. The molecule has 0 fully saturated rings. The Morgan fingerprint density at radius 1 is 1.17 bits per heavy atom. The lowest BCUT2D eigenvalue weighted by Gasteiger charge is -2.09. The van der Waals surface area contributed by atoms with Crippen LogP contribution in [0.1, 0.15) is 12.5 Å². The lowest BCUT2D eigenvalue weighted by molar-refractivity contribution is 0.630. The Balaban J connectivity index is 2.20. The average Bonchev–Trinajstić information content (AvgIpc) is 2.34. The third-order valence-corrected chi connectivity index (χ3v) is 2.49. The van der Waals surface area contributed by atoms with E-state index in [4.69, 9.17) is 0 Å². The van der Waals surface area contributed by atoms with Gasteiger partial charge in [-0.1, -0.05) is 12.1 Å². The summed E-state index contributed by atoms with van der Waals surface area (Å²) in [5, 5.41) is 6.08. The second-order valence-electron chi connectivity index (χ2n) is 4.05. The number of aryl methyl sites for hydroxylation is 1. The number of hydrogen-bond donors (Lipinski definition) is 2. The van der Waals surface area contributed by atoms with E-state index in [1.807, 2.05) is 32.0 Å². The van der Waals surface area contributed by atoms with Crippen molar-refractivity contribution >= 4 is 17.3 Å². The molecule has 2 aromatic rings. The maximum Gasteiger partial charge on any atom is 0.146 e. The Morgan fingerprint density at radius 3 is 2.67 bits per heavy atom. The molecular formula is C14H16FN3. The van der Waals surface area contributed by atoms with Gasteiger partial charge in [-0.15, -0.1) is 0 Å². The molecule has 0 saturated heterocycles. The predicted octanol–water partition coefficient (Wildman–Crippen LogP) is 3.70. The largest absolute Gasteiger partial charge is 0.370 e. The van der Waals surface area contributed by atoms with Gasteiger partial charge in [-0.05, 0) is 43.7 Å². The van der Waals surface area contributed by atoms with E-state index in [0.717, 1.165) is 17.9 Å². The highest BCUT2D eigenvalue weighted by Crippen LogP contribution is 2.20. The summed E-state index contributed by atoms with van der Waals surface area (Å²) in [7, 11) is 0. The van der Waals surface area contributed by atoms with Crippen molar-refractivity contribution in [1.29, 1.82) is 0 Å². The first kappa shape index (κ1) is 12.4. The summed E-state index contributed by atoms with van der Waals surface area (Å²) in [6, 6.07) is 10.6. The Labute approximate surface area is 106 Å². The number of rotatable bonds is 4. The number of anilines is 3.